The Balaban J connectivity index is 2.22. The van der Waals surface area contributed by atoms with Crippen molar-refractivity contribution >= 4 is 0 Å². The fraction of sp³-hybridized carbons (Fsp3) is 0.667. The summed E-state index contributed by atoms with van der Waals surface area (Å²) in [4.78, 5) is 4.63. The molecule has 0 saturated carbocycles. The normalized spacial score (nSPS) is 17.6. The standard InChI is InChI=1S/C18H29F2N3/c1-3-5-10-23(4-2)18(14-22-11-8-21-9-12-22)16-13-15(19)6-7-17(16)20/h6-7,13,18,21H,3-5,8-12,14H2,1-2H3. The molecule has 130 valence electrons. The summed E-state index contributed by atoms with van der Waals surface area (Å²) < 4.78 is 28.1. The molecule has 0 aromatic heterocycles. The van der Waals surface area contributed by atoms with Crippen LogP contribution in [0, 0.1) is 11.6 Å². The predicted molar refractivity (Wildman–Crippen MR) is 90.6 cm³/mol. The third-order valence-corrected chi connectivity index (χ3v) is 4.60. The van der Waals surface area contributed by atoms with Crippen LogP contribution >= 0.6 is 0 Å². The third kappa shape index (κ3) is 5.23. The zero-order valence-corrected chi connectivity index (χ0v) is 14.3. The number of piperazine rings is 1. The molecule has 23 heavy (non-hydrogen) atoms. The molecule has 3 nitrogen and oxygen atoms in total. The van der Waals surface area contributed by atoms with Gasteiger partial charge in [-0.1, -0.05) is 20.3 Å². The second kappa shape index (κ2) is 9.30. The van der Waals surface area contributed by atoms with Gasteiger partial charge in [0.1, 0.15) is 11.6 Å². The number of hydrogen-bond acceptors (Lipinski definition) is 3. The Morgan fingerprint density at radius 3 is 2.61 bits per heavy atom. The number of unbranched alkanes of at least 4 members (excludes halogenated alkanes) is 1. The van der Waals surface area contributed by atoms with E-state index < -0.39 is 0 Å². The molecular weight excluding hydrogens is 296 g/mol. The van der Waals surface area contributed by atoms with Crippen molar-refractivity contribution in [2.75, 3.05) is 45.8 Å². The number of rotatable bonds is 8. The van der Waals surface area contributed by atoms with Crippen LogP contribution < -0.4 is 5.32 Å². The maximum atomic E-state index is 14.4. The first-order valence-electron chi connectivity index (χ1n) is 8.77. The van der Waals surface area contributed by atoms with Crippen molar-refractivity contribution in [3.8, 4) is 0 Å². The first-order valence-corrected chi connectivity index (χ1v) is 8.77. The molecule has 1 N–H and O–H groups in total. The van der Waals surface area contributed by atoms with E-state index in [2.05, 4.69) is 29.0 Å². The topological polar surface area (TPSA) is 18.5 Å². The Hall–Kier alpha value is -1.04. The molecule has 1 fully saturated rings. The van der Waals surface area contributed by atoms with Crippen LogP contribution in [0.25, 0.3) is 0 Å². The summed E-state index contributed by atoms with van der Waals surface area (Å²) in [5, 5.41) is 3.34. The average molecular weight is 325 g/mol. The zero-order chi connectivity index (χ0) is 16.7. The molecule has 1 aromatic rings. The van der Waals surface area contributed by atoms with Gasteiger partial charge in [-0.05, 0) is 37.7 Å². The molecule has 1 unspecified atom stereocenters. The molecule has 0 aliphatic carbocycles. The quantitative estimate of drug-likeness (QED) is 0.792. The third-order valence-electron chi connectivity index (χ3n) is 4.60. The molecule has 0 radical (unpaired) electrons. The lowest BCUT2D eigenvalue weighted by atomic mass is 10.0. The van der Waals surface area contributed by atoms with Crippen LogP contribution in [-0.2, 0) is 0 Å². The Labute approximate surface area is 138 Å². The molecule has 0 amide bonds. The number of nitrogens with one attached hydrogen (secondary N) is 1. The van der Waals surface area contributed by atoms with Gasteiger partial charge in [-0.3, -0.25) is 9.80 Å². The average Bonchev–Trinajstić information content (AvgIpc) is 2.57. The van der Waals surface area contributed by atoms with Gasteiger partial charge in [-0.15, -0.1) is 0 Å². The van der Waals surface area contributed by atoms with Crippen LogP contribution in [0.1, 0.15) is 38.3 Å². The second-order valence-electron chi connectivity index (χ2n) is 6.21. The van der Waals surface area contributed by atoms with E-state index in [0.717, 1.165) is 58.7 Å². The Morgan fingerprint density at radius 1 is 1.22 bits per heavy atom. The number of benzene rings is 1. The number of halogens is 2. The van der Waals surface area contributed by atoms with Crippen LogP contribution in [0.2, 0.25) is 0 Å². The second-order valence-corrected chi connectivity index (χ2v) is 6.21. The van der Waals surface area contributed by atoms with Gasteiger partial charge < -0.3 is 5.32 Å². The molecule has 0 bridgehead atoms. The van der Waals surface area contributed by atoms with Crippen molar-refractivity contribution in [1.29, 1.82) is 0 Å². The Morgan fingerprint density at radius 2 is 1.96 bits per heavy atom. The molecule has 5 heteroatoms. The van der Waals surface area contributed by atoms with Gasteiger partial charge in [0.05, 0.1) is 6.04 Å². The summed E-state index contributed by atoms with van der Waals surface area (Å²) in [7, 11) is 0. The van der Waals surface area contributed by atoms with Crippen molar-refractivity contribution in [3.63, 3.8) is 0 Å². The first-order chi connectivity index (χ1) is 11.2. The molecule has 1 saturated heterocycles. The van der Waals surface area contributed by atoms with Crippen molar-refractivity contribution in [3.05, 3.63) is 35.4 Å². The van der Waals surface area contributed by atoms with Crippen molar-refractivity contribution in [1.82, 2.24) is 15.1 Å². The fourth-order valence-electron chi connectivity index (χ4n) is 3.21. The Kier molecular flexibility index (Phi) is 7.40. The van der Waals surface area contributed by atoms with Gasteiger partial charge in [-0.25, -0.2) is 8.78 Å². The van der Waals surface area contributed by atoms with E-state index in [4.69, 9.17) is 0 Å². The highest BCUT2D eigenvalue weighted by molar-refractivity contribution is 5.23. The first kappa shape index (κ1) is 18.3. The van der Waals surface area contributed by atoms with Gasteiger partial charge in [0, 0.05) is 38.3 Å². The maximum Gasteiger partial charge on any atom is 0.128 e. The predicted octanol–water partition coefficient (Wildman–Crippen LogP) is 3.03. The number of nitrogens with zero attached hydrogens (tertiary/aromatic N) is 2. The summed E-state index contributed by atoms with van der Waals surface area (Å²) >= 11 is 0. The van der Waals surface area contributed by atoms with Crippen LogP contribution in [-0.4, -0.2) is 55.6 Å². The summed E-state index contributed by atoms with van der Waals surface area (Å²) in [5.41, 5.74) is 0.487. The van der Waals surface area contributed by atoms with Gasteiger partial charge in [0.25, 0.3) is 0 Å². The highest BCUT2D eigenvalue weighted by atomic mass is 19.1. The summed E-state index contributed by atoms with van der Waals surface area (Å²) in [6, 6.07) is 3.73. The Bertz CT molecular complexity index is 475. The van der Waals surface area contributed by atoms with E-state index in [0.29, 0.717) is 5.56 Å². The molecule has 2 rings (SSSR count). The van der Waals surface area contributed by atoms with E-state index in [9.17, 15) is 8.78 Å². The van der Waals surface area contributed by atoms with E-state index in [-0.39, 0.29) is 17.7 Å². The van der Waals surface area contributed by atoms with Crippen LogP contribution in [0.5, 0.6) is 0 Å². The minimum Gasteiger partial charge on any atom is -0.314 e. The molecular formula is C18H29F2N3. The maximum absolute atomic E-state index is 14.4. The monoisotopic (exact) mass is 325 g/mol. The van der Waals surface area contributed by atoms with Crippen molar-refractivity contribution in [2.45, 2.75) is 32.7 Å². The SMILES string of the molecule is CCCCN(CC)C(CN1CCNCC1)c1cc(F)ccc1F. The highest BCUT2D eigenvalue weighted by Gasteiger charge is 2.25. The smallest absolute Gasteiger partial charge is 0.128 e. The van der Waals surface area contributed by atoms with E-state index >= 15 is 0 Å². The molecule has 0 spiro atoms. The molecule has 1 aliphatic rings. The lowest BCUT2D eigenvalue weighted by molar-refractivity contribution is 0.129. The lowest BCUT2D eigenvalue weighted by Crippen LogP contribution is -2.47. The van der Waals surface area contributed by atoms with Crippen LogP contribution in [0.3, 0.4) is 0 Å². The molecule has 1 heterocycles. The zero-order valence-electron chi connectivity index (χ0n) is 14.3. The van der Waals surface area contributed by atoms with Gasteiger partial charge in [0.2, 0.25) is 0 Å². The summed E-state index contributed by atoms with van der Waals surface area (Å²) in [6.07, 6.45) is 2.17. The van der Waals surface area contributed by atoms with E-state index in [1.54, 1.807) is 0 Å². The molecule has 1 aliphatic heterocycles. The van der Waals surface area contributed by atoms with Gasteiger partial charge in [-0.2, -0.15) is 0 Å². The largest absolute Gasteiger partial charge is 0.314 e. The highest BCUT2D eigenvalue weighted by Crippen LogP contribution is 2.26. The molecule has 1 aromatic carbocycles. The number of likely N-dealkylation sites (N-methyl/N-ethyl adjacent to an activating group) is 1. The molecule has 1 atom stereocenters. The van der Waals surface area contributed by atoms with E-state index in [1.165, 1.54) is 18.2 Å². The fourth-order valence-corrected chi connectivity index (χ4v) is 3.21. The van der Waals surface area contributed by atoms with Crippen molar-refractivity contribution < 1.29 is 8.78 Å². The number of hydrogen-bond donors (Lipinski definition) is 1. The summed E-state index contributed by atoms with van der Waals surface area (Å²) in [5.74, 6) is -0.667. The van der Waals surface area contributed by atoms with Crippen LogP contribution in [0.15, 0.2) is 18.2 Å². The van der Waals surface area contributed by atoms with E-state index in [1.807, 2.05) is 0 Å². The van der Waals surface area contributed by atoms with Gasteiger partial charge >= 0.3 is 0 Å². The van der Waals surface area contributed by atoms with Crippen molar-refractivity contribution in [2.24, 2.45) is 0 Å². The van der Waals surface area contributed by atoms with Gasteiger partial charge in [0.15, 0.2) is 0 Å². The minimum absolute atomic E-state index is 0.0969. The minimum atomic E-state index is -0.363. The van der Waals surface area contributed by atoms with Crippen LogP contribution in [0.4, 0.5) is 8.78 Å². The lowest BCUT2D eigenvalue weighted by Gasteiger charge is -2.37. The summed E-state index contributed by atoms with van der Waals surface area (Å²) in [6.45, 7) is 10.6.